The van der Waals surface area contributed by atoms with Gasteiger partial charge in [-0.1, -0.05) is 19.3 Å². The van der Waals surface area contributed by atoms with E-state index in [0.717, 1.165) is 45.2 Å². The fraction of sp³-hybridized carbons (Fsp3) is 0.652. The Labute approximate surface area is 177 Å². The fourth-order valence-electron chi connectivity index (χ4n) is 5.13. The minimum atomic E-state index is -0.589. The summed E-state index contributed by atoms with van der Waals surface area (Å²) in [5.41, 5.74) is -0.418. The fourth-order valence-corrected chi connectivity index (χ4v) is 5.13. The summed E-state index contributed by atoms with van der Waals surface area (Å²) < 4.78 is 19.2. The first-order chi connectivity index (χ1) is 14.4. The van der Waals surface area contributed by atoms with E-state index in [1.165, 1.54) is 12.1 Å². The molecule has 1 aromatic carbocycles. The van der Waals surface area contributed by atoms with Gasteiger partial charge in [0, 0.05) is 32.2 Å². The Morgan fingerprint density at radius 3 is 2.33 bits per heavy atom. The number of piperazine rings is 1. The van der Waals surface area contributed by atoms with Crippen molar-refractivity contribution in [1.29, 1.82) is 0 Å². The first-order valence-corrected chi connectivity index (χ1v) is 11.2. The van der Waals surface area contributed by atoms with Gasteiger partial charge in [0.2, 0.25) is 5.91 Å². The topological polar surface area (TPSA) is 53.1 Å². The molecule has 6 nitrogen and oxygen atoms in total. The molecule has 1 aliphatic carbocycles. The molecule has 3 aliphatic rings. The second-order valence-electron chi connectivity index (χ2n) is 9.05. The zero-order valence-electron chi connectivity index (χ0n) is 18.0. The lowest BCUT2D eigenvalue weighted by Crippen LogP contribution is -2.77. The van der Waals surface area contributed by atoms with Crippen LogP contribution in [0.4, 0.5) is 4.39 Å². The van der Waals surface area contributed by atoms with E-state index in [4.69, 9.17) is 4.74 Å². The van der Waals surface area contributed by atoms with Crippen LogP contribution in [0.2, 0.25) is 0 Å². The summed E-state index contributed by atoms with van der Waals surface area (Å²) in [5.74, 6) is 0.0577. The van der Waals surface area contributed by atoms with Crippen molar-refractivity contribution in [2.75, 3.05) is 32.7 Å². The van der Waals surface area contributed by atoms with Crippen molar-refractivity contribution < 1.29 is 18.7 Å². The van der Waals surface area contributed by atoms with Gasteiger partial charge in [0.15, 0.2) is 6.10 Å². The molecule has 1 spiro atoms. The number of likely N-dealkylation sites (tertiary alicyclic amines) is 1. The molecule has 1 atom stereocenters. The molecule has 1 unspecified atom stereocenters. The lowest BCUT2D eigenvalue weighted by molar-refractivity contribution is -0.189. The normalized spacial score (nSPS) is 24.3. The first-order valence-electron chi connectivity index (χ1n) is 11.2. The van der Waals surface area contributed by atoms with Gasteiger partial charge in [0.1, 0.15) is 18.1 Å². The first kappa shape index (κ1) is 21.1. The molecule has 164 valence electrons. The molecule has 2 amide bonds. The van der Waals surface area contributed by atoms with Gasteiger partial charge in [-0.25, -0.2) is 4.39 Å². The molecule has 0 N–H and O–H groups in total. The van der Waals surface area contributed by atoms with Gasteiger partial charge >= 0.3 is 0 Å². The van der Waals surface area contributed by atoms with Crippen LogP contribution in [0.25, 0.3) is 0 Å². The second-order valence-corrected chi connectivity index (χ2v) is 9.05. The van der Waals surface area contributed by atoms with Gasteiger partial charge in [-0.2, -0.15) is 0 Å². The minimum Gasteiger partial charge on any atom is -0.478 e. The van der Waals surface area contributed by atoms with Gasteiger partial charge in [-0.05, 0) is 51.0 Å². The third-order valence-electron chi connectivity index (χ3n) is 6.99. The summed E-state index contributed by atoms with van der Waals surface area (Å²) in [6.45, 7) is 7.64. The second kappa shape index (κ2) is 8.53. The highest BCUT2D eigenvalue weighted by Gasteiger charge is 2.62. The number of nitrogens with zero attached hydrogens (tertiary/aromatic N) is 3. The van der Waals surface area contributed by atoms with E-state index in [9.17, 15) is 14.0 Å². The van der Waals surface area contributed by atoms with Crippen molar-refractivity contribution in [2.45, 2.75) is 63.6 Å². The van der Waals surface area contributed by atoms with E-state index in [1.54, 1.807) is 17.0 Å². The largest absolute Gasteiger partial charge is 0.478 e. The Balaban J connectivity index is 1.43. The van der Waals surface area contributed by atoms with Crippen molar-refractivity contribution in [1.82, 2.24) is 14.7 Å². The van der Waals surface area contributed by atoms with Crippen LogP contribution in [0.15, 0.2) is 24.3 Å². The van der Waals surface area contributed by atoms with E-state index >= 15 is 0 Å². The minimum absolute atomic E-state index is 0.0249. The predicted octanol–water partition coefficient (Wildman–Crippen LogP) is 2.67. The average Bonchev–Trinajstić information content (AvgIpc) is 2.77. The van der Waals surface area contributed by atoms with Crippen LogP contribution >= 0.6 is 0 Å². The van der Waals surface area contributed by atoms with Gasteiger partial charge in [0.25, 0.3) is 5.91 Å². The van der Waals surface area contributed by atoms with Gasteiger partial charge in [-0.15, -0.1) is 0 Å². The predicted molar refractivity (Wildman–Crippen MR) is 112 cm³/mol. The van der Waals surface area contributed by atoms with Gasteiger partial charge < -0.3 is 14.5 Å². The van der Waals surface area contributed by atoms with E-state index in [1.807, 2.05) is 4.90 Å². The lowest BCUT2D eigenvalue weighted by atomic mass is 9.70. The standard InChI is InChI=1S/C23H32FN3O3/c1-17(2)25-12-14-26(15-13-25)20(28)16-27-22(29)21(23(27)10-4-3-5-11-23)30-19-8-6-18(24)7-9-19/h6-9,17,21H,3-5,10-16H2,1-2H3. The molecule has 1 aromatic rings. The van der Waals surface area contributed by atoms with Gasteiger partial charge in [0.05, 0.1) is 5.54 Å². The maximum absolute atomic E-state index is 13.2. The molecule has 0 radical (unpaired) electrons. The lowest BCUT2D eigenvalue weighted by Gasteiger charge is -2.58. The van der Waals surface area contributed by atoms with E-state index in [0.29, 0.717) is 24.9 Å². The maximum atomic E-state index is 13.2. The summed E-state index contributed by atoms with van der Waals surface area (Å²) in [6, 6.07) is 6.27. The number of carbonyl (C=O) groups is 2. The van der Waals surface area contributed by atoms with Crippen molar-refractivity contribution in [3.63, 3.8) is 0 Å². The van der Waals surface area contributed by atoms with Crippen LogP contribution in [0.5, 0.6) is 5.75 Å². The van der Waals surface area contributed by atoms with Crippen LogP contribution in [-0.2, 0) is 9.59 Å². The molecular weight excluding hydrogens is 385 g/mol. The SMILES string of the molecule is CC(C)N1CCN(C(=O)CN2C(=O)C(Oc3ccc(F)cc3)C23CCCCC3)CC1. The van der Waals surface area contributed by atoms with Crippen LogP contribution in [0.1, 0.15) is 46.0 Å². The van der Waals surface area contributed by atoms with Crippen molar-refractivity contribution in [3.05, 3.63) is 30.1 Å². The summed E-state index contributed by atoms with van der Waals surface area (Å²) in [5, 5.41) is 0. The quantitative estimate of drug-likeness (QED) is 0.692. The van der Waals surface area contributed by atoms with Crippen LogP contribution < -0.4 is 4.74 Å². The number of rotatable bonds is 5. The third-order valence-corrected chi connectivity index (χ3v) is 6.99. The summed E-state index contributed by atoms with van der Waals surface area (Å²) >= 11 is 0. The molecule has 30 heavy (non-hydrogen) atoms. The number of carbonyl (C=O) groups excluding carboxylic acids is 2. The number of β-lactam (4-membered cyclic amide) rings is 1. The van der Waals surface area contributed by atoms with E-state index < -0.39 is 11.6 Å². The summed E-state index contributed by atoms with van der Waals surface area (Å²) in [6.07, 6.45) is 4.28. The van der Waals surface area contributed by atoms with Crippen molar-refractivity contribution >= 4 is 11.8 Å². The molecule has 0 bridgehead atoms. The number of benzene rings is 1. The average molecular weight is 418 g/mol. The Kier molecular flexibility index (Phi) is 6.00. The highest BCUT2D eigenvalue weighted by molar-refractivity contribution is 5.94. The smallest absolute Gasteiger partial charge is 0.267 e. The van der Waals surface area contributed by atoms with Gasteiger partial charge in [-0.3, -0.25) is 14.5 Å². The highest BCUT2D eigenvalue weighted by atomic mass is 19.1. The zero-order chi connectivity index (χ0) is 21.3. The number of ether oxygens (including phenoxy) is 1. The molecule has 7 heteroatoms. The zero-order valence-corrected chi connectivity index (χ0v) is 18.0. The number of hydrogen-bond donors (Lipinski definition) is 0. The monoisotopic (exact) mass is 417 g/mol. The summed E-state index contributed by atoms with van der Waals surface area (Å²) in [7, 11) is 0. The molecule has 2 heterocycles. The molecule has 2 saturated heterocycles. The van der Waals surface area contributed by atoms with E-state index in [-0.39, 0.29) is 24.2 Å². The Morgan fingerprint density at radius 1 is 1.10 bits per heavy atom. The third kappa shape index (κ3) is 3.92. The number of amides is 2. The maximum Gasteiger partial charge on any atom is 0.267 e. The summed E-state index contributed by atoms with van der Waals surface area (Å²) in [4.78, 5) is 32.0. The molecule has 4 rings (SSSR count). The van der Waals surface area contributed by atoms with Crippen LogP contribution in [0, 0.1) is 5.82 Å². The van der Waals surface area contributed by atoms with Crippen LogP contribution in [0.3, 0.4) is 0 Å². The van der Waals surface area contributed by atoms with E-state index in [2.05, 4.69) is 18.7 Å². The molecule has 2 aliphatic heterocycles. The van der Waals surface area contributed by atoms with Crippen LogP contribution in [-0.4, -0.2) is 76.9 Å². The molecule has 3 fully saturated rings. The Hall–Kier alpha value is -2.15. The molecular formula is C23H32FN3O3. The van der Waals surface area contributed by atoms with Crippen molar-refractivity contribution in [3.8, 4) is 5.75 Å². The van der Waals surface area contributed by atoms with Crippen molar-refractivity contribution in [2.24, 2.45) is 0 Å². The highest BCUT2D eigenvalue weighted by Crippen LogP contribution is 2.45. The Bertz CT molecular complexity index is 768. The number of halogens is 1. The molecule has 1 saturated carbocycles. The Morgan fingerprint density at radius 2 is 1.73 bits per heavy atom. The molecule has 0 aromatic heterocycles. The number of hydrogen-bond acceptors (Lipinski definition) is 4.